The molecular formula is C16H22N2O3. The first-order valence-corrected chi connectivity index (χ1v) is 7.46. The van der Waals surface area contributed by atoms with Crippen LogP contribution in [-0.2, 0) is 16.0 Å². The largest absolute Gasteiger partial charge is 0.377 e. The molecule has 1 aromatic carbocycles. The van der Waals surface area contributed by atoms with Crippen LogP contribution in [0, 0.1) is 0 Å². The minimum atomic E-state index is -0.139. The summed E-state index contributed by atoms with van der Waals surface area (Å²) < 4.78 is 5.59. The van der Waals surface area contributed by atoms with Gasteiger partial charge in [0.15, 0.2) is 0 Å². The zero-order valence-corrected chi connectivity index (χ0v) is 12.6. The molecule has 0 fully saturated rings. The van der Waals surface area contributed by atoms with E-state index in [4.69, 9.17) is 4.74 Å². The van der Waals surface area contributed by atoms with Crippen molar-refractivity contribution in [3.63, 3.8) is 0 Å². The van der Waals surface area contributed by atoms with Gasteiger partial charge in [0.25, 0.3) is 5.91 Å². The van der Waals surface area contributed by atoms with Crippen LogP contribution in [0.25, 0.3) is 0 Å². The molecule has 0 aromatic heterocycles. The van der Waals surface area contributed by atoms with Gasteiger partial charge in [-0.25, -0.2) is 0 Å². The number of carbonyl (C=O) groups is 2. The number of ether oxygens (including phenoxy) is 1. The monoisotopic (exact) mass is 290 g/mol. The van der Waals surface area contributed by atoms with Gasteiger partial charge in [-0.2, -0.15) is 0 Å². The number of hydrogen-bond donors (Lipinski definition) is 2. The lowest BCUT2D eigenvalue weighted by atomic mass is 10.1. The third kappa shape index (κ3) is 4.04. The van der Waals surface area contributed by atoms with Gasteiger partial charge >= 0.3 is 0 Å². The molecule has 0 saturated carbocycles. The zero-order chi connectivity index (χ0) is 15.2. The van der Waals surface area contributed by atoms with Crippen LogP contribution in [0.4, 0.5) is 5.69 Å². The Morgan fingerprint density at radius 2 is 2.24 bits per heavy atom. The lowest BCUT2D eigenvalue weighted by Crippen LogP contribution is -2.33. The first-order valence-electron chi connectivity index (χ1n) is 7.46. The second-order valence-corrected chi connectivity index (χ2v) is 5.17. The second-order valence-electron chi connectivity index (χ2n) is 5.17. The maximum atomic E-state index is 12.2. The van der Waals surface area contributed by atoms with Crippen molar-refractivity contribution in [3.8, 4) is 0 Å². The van der Waals surface area contributed by atoms with E-state index in [1.54, 1.807) is 12.1 Å². The predicted molar refractivity (Wildman–Crippen MR) is 81.4 cm³/mol. The quantitative estimate of drug-likeness (QED) is 0.808. The van der Waals surface area contributed by atoms with Crippen LogP contribution < -0.4 is 10.6 Å². The Bertz CT molecular complexity index is 522. The summed E-state index contributed by atoms with van der Waals surface area (Å²) in [5.74, 6) is -0.165. The number of rotatable bonds is 7. The zero-order valence-electron chi connectivity index (χ0n) is 12.6. The van der Waals surface area contributed by atoms with Crippen molar-refractivity contribution in [2.75, 3.05) is 18.5 Å². The SMILES string of the molecule is CCCC(CNC(=O)c1ccc2c(c1)NC(=O)C2)OCC. The molecule has 114 valence electrons. The van der Waals surface area contributed by atoms with E-state index >= 15 is 0 Å². The molecule has 2 N–H and O–H groups in total. The lowest BCUT2D eigenvalue weighted by molar-refractivity contribution is -0.115. The van der Waals surface area contributed by atoms with Crippen molar-refractivity contribution >= 4 is 17.5 Å². The predicted octanol–water partition coefficient (Wildman–Crippen LogP) is 2.12. The number of benzene rings is 1. The minimum absolute atomic E-state index is 0.0260. The fourth-order valence-corrected chi connectivity index (χ4v) is 2.47. The van der Waals surface area contributed by atoms with Gasteiger partial charge in [0.05, 0.1) is 12.5 Å². The maximum absolute atomic E-state index is 12.2. The number of nitrogens with one attached hydrogen (secondary N) is 2. The standard InChI is InChI=1S/C16H22N2O3/c1-3-5-13(21-4-2)10-17-16(20)12-7-6-11-9-15(19)18-14(11)8-12/h6-8,13H,3-5,9-10H2,1-2H3,(H,17,20)(H,18,19). The third-order valence-corrected chi connectivity index (χ3v) is 3.50. The molecule has 0 bridgehead atoms. The van der Waals surface area contributed by atoms with Crippen molar-refractivity contribution in [3.05, 3.63) is 29.3 Å². The molecule has 0 saturated heterocycles. The van der Waals surface area contributed by atoms with E-state index in [2.05, 4.69) is 17.6 Å². The van der Waals surface area contributed by atoms with Gasteiger partial charge in [0, 0.05) is 24.4 Å². The van der Waals surface area contributed by atoms with E-state index in [1.807, 2.05) is 13.0 Å². The van der Waals surface area contributed by atoms with Crippen molar-refractivity contribution < 1.29 is 14.3 Å². The highest BCUT2D eigenvalue weighted by Gasteiger charge is 2.19. The van der Waals surface area contributed by atoms with E-state index in [0.717, 1.165) is 24.1 Å². The number of fused-ring (bicyclic) bond motifs is 1. The van der Waals surface area contributed by atoms with Crippen LogP contribution in [0.3, 0.4) is 0 Å². The van der Waals surface area contributed by atoms with Gasteiger partial charge in [-0.1, -0.05) is 19.4 Å². The van der Waals surface area contributed by atoms with Crippen LogP contribution in [0.2, 0.25) is 0 Å². The molecule has 1 unspecified atom stereocenters. The van der Waals surface area contributed by atoms with Crippen molar-refractivity contribution in [2.24, 2.45) is 0 Å². The summed E-state index contributed by atoms with van der Waals surface area (Å²) in [6.07, 6.45) is 2.39. The molecule has 21 heavy (non-hydrogen) atoms. The van der Waals surface area contributed by atoms with Gasteiger partial charge in [-0.3, -0.25) is 9.59 Å². The average molecular weight is 290 g/mol. The lowest BCUT2D eigenvalue weighted by Gasteiger charge is -2.17. The number of anilines is 1. The summed E-state index contributed by atoms with van der Waals surface area (Å²) >= 11 is 0. The van der Waals surface area contributed by atoms with Gasteiger partial charge in [0.1, 0.15) is 0 Å². The van der Waals surface area contributed by atoms with Crippen LogP contribution in [0.1, 0.15) is 42.6 Å². The number of carbonyl (C=O) groups excluding carboxylic acids is 2. The highest BCUT2D eigenvalue weighted by atomic mass is 16.5. The molecular weight excluding hydrogens is 268 g/mol. The first kappa shape index (κ1) is 15.5. The van der Waals surface area contributed by atoms with Gasteiger partial charge in [-0.15, -0.1) is 0 Å². The summed E-state index contributed by atoms with van der Waals surface area (Å²) in [6, 6.07) is 5.31. The van der Waals surface area contributed by atoms with Crippen molar-refractivity contribution in [1.29, 1.82) is 0 Å². The Hall–Kier alpha value is -1.88. The van der Waals surface area contributed by atoms with Gasteiger partial charge < -0.3 is 15.4 Å². The molecule has 5 heteroatoms. The molecule has 0 radical (unpaired) electrons. The average Bonchev–Trinajstić information content (AvgIpc) is 2.84. The number of amides is 2. The van der Waals surface area contributed by atoms with Crippen molar-refractivity contribution in [2.45, 2.75) is 39.2 Å². The summed E-state index contributed by atoms with van der Waals surface area (Å²) in [4.78, 5) is 23.5. The summed E-state index contributed by atoms with van der Waals surface area (Å²) in [7, 11) is 0. The summed E-state index contributed by atoms with van der Waals surface area (Å²) in [5, 5.41) is 5.65. The summed E-state index contributed by atoms with van der Waals surface area (Å²) in [6.45, 7) is 5.19. The summed E-state index contributed by atoms with van der Waals surface area (Å²) in [5.41, 5.74) is 2.24. The van der Waals surface area contributed by atoms with Gasteiger partial charge in [-0.05, 0) is 31.0 Å². The fraction of sp³-hybridized carbons (Fsp3) is 0.500. The van der Waals surface area contributed by atoms with E-state index in [-0.39, 0.29) is 17.9 Å². The number of hydrogen-bond acceptors (Lipinski definition) is 3. The highest BCUT2D eigenvalue weighted by Crippen LogP contribution is 2.23. The minimum Gasteiger partial charge on any atom is -0.377 e. The molecule has 2 rings (SSSR count). The fourth-order valence-electron chi connectivity index (χ4n) is 2.47. The molecule has 0 spiro atoms. The molecule has 2 amide bonds. The van der Waals surface area contributed by atoms with Gasteiger partial charge in [0.2, 0.25) is 5.91 Å². The topological polar surface area (TPSA) is 67.4 Å². The second kappa shape index (κ2) is 7.22. The Balaban J connectivity index is 1.94. The normalized spacial score (nSPS) is 14.5. The van der Waals surface area contributed by atoms with Crippen LogP contribution in [0.5, 0.6) is 0 Å². The smallest absolute Gasteiger partial charge is 0.251 e. The Morgan fingerprint density at radius 3 is 2.95 bits per heavy atom. The molecule has 1 aliphatic heterocycles. The van der Waals surface area contributed by atoms with Crippen molar-refractivity contribution in [1.82, 2.24) is 5.32 Å². The molecule has 0 aliphatic carbocycles. The molecule has 1 aliphatic rings. The Morgan fingerprint density at radius 1 is 1.43 bits per heavy atom. The van der Waals surface area contributed by atoms with E-state index in [0.29, 0.717) is 25.1 Å². The highest BCUT2D eigenvalue weighted by molar-refractivity contribution is 6.02. The van der Waals surface area contributed by atoms with E-state index in [9.17, 15) is 9.59 Å². The maximum Gasteiger partial charge on any atom is 0.251 e. The van der Waals surface area contributed by atoms with Crippen LogP contribution in [0.15, 0.2) is 18.2 Å². The van der Waals surface area contributed by atoms with E-state index < -0.39 is 0 Å². The molecule has 1 atom stereocenters. The van der Waals surface area contributed by atoms with Crippen LogP contribution >= 0.6 is 0 Å². The first-order chi connectivity index (χ1) is 10.1. The van der Waals surface area contributed by atoms with E-state index in [1.165, 1.54) is 0 Å². The molecule has 5 nitrogen and oxygen atoms in total. The molecule has 1 aromatic rings. The van der Waals surface area contributed by atoms with Crippen LogP contribution in [-0.4, -0.2) is 31.1 Å². The Kier molecular flexibility index (Phi) is 5.33. The Labute approximate surface area is 125 Å². The molecule has 1 heterocycles. The third-order valence-electron chi connectivity index (χ3n) is 3.50.